The zero-order valence-electron chi connectivity index (χ0n) is 16.3. The lowest BCUT2D eigenvalue weighted by molar-refractivity contribution is -0.150. The van der Waals surface area contributed by atoms with Crippen LogP contribution in [0.5, 0.6) is 5.75 Å². The number of likely N-dealkylation sites (tertiary alicyclic amines) is 1. The molecule has 1 aromatic carbocycles. The van der Waals surface area contributed by atoms with E-state index in [1.165, 1.54) is 0 Å². The number of piperidine rings is 1. The van der Waals surface area contributed by atoms with E-state index < -0.39 is 11.5 Å². The normalized spacial score (nSPS) is 20.4. The third kappa shape index (κ3) is 5.13. The van der Waals surface area contributed by atoms with E-state index in [4.69, 9.17) is 14.2 Å². The van der Waals surface area contributed by atoms with Gasteiger partial charge in [0.25, 0.3) is 0 Å². The van der Waals surface area contributed by atoms with E-state index in [2.05, 4.69) is 0 Å². The van der Waals surface area contributed by atoms with Crippen molar-refractivity contribution in [2.75, 3.05) is 26.8 Å². The van der Waals surface area contributed by atoms with Crippen molar-refractivity contribution in [3.05, 3.63) is 29.8 Å². The molecule has 1 saturated heterocycles. The summed E-state index contributed by atoms with van der Waals surface area (Å²) in [4.78, 5) is 26.5. The van der Waals surface area contributed by atoms with E-state index in [0.29, 0.717) is 26.1 Å². The van der Waals surface area contributed by atoms with Gasteiger partial charge in [0, 0.05) is 19.0 Å². The average molecular weight is 363 g/mol. The van der Waals surface area contributed by atoms with Crippen LogP contribution in [0, 0.1) is 5.92 Å². The molecule has 1 aliphatic rings. The van der Waals surface area contributed by atoms with Gasteiger partial charge in [-0.05, 0) is 51.8 Å². The second kappa shape index (κ2) is 8.43. The number of methoxy groups -OCH3 is 1. The Balaban J connectivity index is 2.18. The number of rotatable bonds is 4. The first-order chi connectivity index (χ1) is 12.2. The highest BCUT2D eigenvalue weighted by Gasteiger charge is 2.39. The lowest BCUT2D eigenvalue weighted by Crippen LogP contribution is -2.47. The second-order valence-corrected chi connectivity index (χ2v) is 7.45. The SMILES string of the molecule is CCOC(=O)C1CN(C(=O)OC(C)(C)C)CCC1c1ccc(OC)cc1. The Hall–Kier alpha value is -2.24. The lowest BCUT2D eigenvalue weighted by Gasteiger charge is -2.38. The third-order valence-corrected chi connectivity index (χ3v) is 4.40. The molecule has 26 heavy (non-hydrogen) atoms. The summed E-state index contributed by atoms with van der Waals surface area (Å²) >= 11 is 0. The van der Waals surface area contributed by atoms with E-state index in [1.54, 1.807) is 18.9 Å². The summed E-state index contributed by atoms with van der Waals surface area (Å²) in [5.74, 6) is 0.0810. The monoisotopic (exact) mass is 363 g/mol. The molecule has 2 rings (SSSR count). The van der Waals surface area contributed by atoms with Gasteiger partial charge in [0.2, 0.25) is 0 Å². The van der Waals surface area contributed by atoms with Gasteiger partial charge in [-0.3, -0.25) is 4.79 Å². The molecule has 1 aliphatic heterocycles. The highest BCUT2D eigenvalue weighted by Crippen LogP contribution is 2.35. The van der Waals surface area contributed by atoms with Gasteiger partial charge in [-0.2, -0.15) is 0 Å². The molecule has 1 aromatic rings. The van der Waals surface area contributed by atoms with E-state index in [-0.39, 0.29) is 18.0 Å². The lowest BCUT2D eigenvalue weighted by atomic mass is 9.80. The third-order valence-electron chi connectivity index (χ3n) is 4.40. The molecular formula is C20H29NO5. The van der Waals surface area contributed by atoms with Crippen molar-refractivity contribution >= 4 is 12.1 Å². The van der Waals surface area contributed by atoms with Gasteiger partial charge in [-0.25, -0.2) is 4.79 Å². The van der Waals surface area contributed by atoms with Gasteiger partial charge in [0.1, 0.15) is 11.4 Å². The summed E-state index contributed by atoms with van der Waals surface area (Å²) in [6.45, 7) is 8.44. The van der Waals surface area contributed by atoms with Gasteiger partial charge >= 0.3 is 12.1 Å². The molecule has 0 saturated carbocycles. The molecule has 6 heteroatoms. The molecular weight excluding hydrogens is 334 g/mol. The largest absolute Gasteiger partial charge is 0.497 e. The summed E-state index contributed by atoms with van der Waals surface area (Å²) in [6.07, 6.45) is 0.287. The quantitative estimate of drug-likeness (QED) is 0.765. The first kappa shape index (κ1) is 20.1. The van der Waals surface area contributed by atoms with E-state index >= 15 is 0 Å². The molecule has 1 fully saturated rings. The highest BCUT2D eigenvalue weighted by molar-refractivity contribution is 5.76. The van der Waals surface area contributed by atoms with E-state index in [9.17, 15) is 9.59 Å². The number of hydrogen-bond acceptors (Lipinski definition) is 5. The highest BCUT2D eigenvalue weighted by atomic mass is 16.6. The molecule has 144 valence electrons. The van der Waals surface area contributed by atoms with Gasteiger partial charge in [-0.1, -0.05) is 12.1 Å². The Kier molecular flexibility index (Phi) is 6.51. The van der Waals surface area contributed by atoms with Crippen molar-refractivity contribution in [3.63, 3.8) is 0 Å². The fourth-order valence-electron chi connectivity index (χ4n) is 3.18. The zero-order chi connectivity index (χ0) is 19.3. The topological polar surface area (TPSA) is 65.1 Å². The number of benzene rings is 1. The molecule has 0 spiro atoms. The summed E-state index contributed by atoms with van der Waals surface area (Å²) in [5, 5.41) is 0. The van der Waals surface area contributed by atoms with Crippen LogP contribution in [0.2, 0.25) is 0 Å². The van der Waals surface area contributed by atoms with E-state index in [1.807, 2.05) is 45.0 Å². The maximum Gasteiger partial charge on any atom is 0.410 e. The minimum absolute atomic E-state index is 0.00126. The minimum atomic E-state index is -0.566. The second-order valence-electron chi connectivity index (χ2n) is 7.45. The predicted molar refractivity (Wildman–Crippen MR) is 98.3 cm³/mol. The van der Waals surface area contributed by atoms with E-state index in [0.717, 1.165) is 11.3 Å². The molecule has 0 N–H and O–H groups in total. The number of hydrogen-bond donors (Lipinski definition) is 0. The smallest absolute Gasteiger partial charge is 0.410 e. The van der Waals surface area contributed by atoms with Crippen molar-refractivity contribution in [3.8, 4) is 5.75 Å². The molecule has 0 aliphatic carbocycles. The zero-order valence-corrected chi connectivity index (χ0v) is 16.3. The van der Waals surface area contributed by atoms with Crippen molar-refractivity contribution < 1.29 is 23.8 Å². The first-order valence-electron chi connectivity index (χ1n) is 9.03. The van der Waals surface area contributed by atoms with Crippen molar-refractivity contribution in [2.24, 2.45) is 5.92 Å². The first-order valence-corrected chi connectivity index (χ1v) is 9.03. The summed E-state index contributed by atoms with van der Waals surface area (Å²) in [5.41, 5.74) is 0.483. The molecule has 2 unspecified atom stereocenters. The Labute approximate surface area is 155 Å². The Morgan fingerprint density at radius 1 is 1.19 bits per heavy atom. The van der Waals surface area contributed by atoms with Crippen LogP contribution in [0.1, 0.15) is 45.6 Å². The molecule has 0 radical (unpaired) electrons. The minimum Gasteiger partial charge on any atom is -0.497 e. The van der Waals surface area contributed by atoms with Gasteiger partial charge < -0.3 is 19.1 Å². The van der Waals surface area contributed by atoms with Crippen LogP contribution in [-0.2, 0) is 14.3 Å². The maximum atomic E-state index is 12.5. The molecule has 2 atom stereocenters. The van der Waals surface area contributed by atoms with Gasteiger partial charge in [0.05, 0.1) is 19.6 Å². The van der Waals surface area contributed by atoms with Crippen molar-refractivity contribution in [1.82, 2.24) is 4.90 Å². The molecule has 1 heterocycles. The van der Waals surface area contributed by atoms with Crippen LogP contribution < -0.4 is 4.74 Å². The standard InChI is InChI=1S/C20H29NO5/c1-6-25-18(22)17-13-21(19(23)26-20(2,3)4)12-11-16(17)14-7-9-15(24-5)10-8-14/h7-10,16-17H,6,11-13H2,1-5H3. The van der Waals surface area contributed by atoms with Crippen LogP contribution in [0.3, 0.4) is 0 Å². The van der Waals surface area contributed by atoms with Crippen molar-refractivity contribution in [2.45, 2.75) is 45.6 Å². The van der Waals surface area contributed by atoms with Gasteiger partial charge in [0.15, 0.2) is 0 Å². The Morgan fingerprint density at radius 3 is 2.38 bits per heavy atom. The average Bonchev–Trinajstić information content (AvgIpc) is 2.60. The number of carbonyl (C=O) groups is 2. The molecule has 0 bridgehead atoms. The van der Waals surface area contributed by atoms with Gasteiger partial charge in [-0.15, -0.1) is 0 Å². The fourth-order valence-corrected chi connectivity index (χ4v) is 3.18. The van der Waals surface area contributed by atoms with Crippen LogP contribution in [-0.4, -0.2) is 49.4 Å². The number of amides is 1. The van der Waals surface area contributed by atoms with Crippen LogP contribution in [0.15, 0.2) is 24.3 Å². The molecule has 1 amide bonds. The number of carbonyl (C=O) groups excluding carboxylic acids is 2. The van der Waals surface area contributed by atoms with Crippen LogP contribution >= 0.6 is 0 Å². The van der Waals surface area contributed by atoms with Crippen molar-refractivity contribution in [1.29, 1.82) is 0 Å². The van der Waals surface area contributed by atoms with Crippen LogP contribution in [0.4, 0.5) is 4.79 Å². The fraction of sp³-hybridized carbons (Fsp3) is 0.600. The van der Waals surface area contributed by atoms with Crippen LogP contribution in [0.25, 0.3) is 0 Å². The predicted octanol–water partition coefficient (Wildman–Crippen LogP) is 3.60. The Bertz CT molecular complexity index is 620. The number of nitrogens with zero attached hydrogens (tertiary/aromatic N) is 1. The molecule has 6 nitrogen and oxygen atoms in total. The Morgan fingerprint density at radius 2 is 1.85 bits per heavy atom. The summed E-state index contributed by atoms with van der Waals surface area (Å²) < 4.78 is 15.9. The molecule has 0 aromatic heterocycles. The number of esters is 1. The maximum absolute atomic E-state index is 12.5. The summed E-state index contributed by atoms with van der Waals surface area (Å²) in [6, 6.07) is 7.72. The number of ether oxygens (including phenoxy) is 3. The summed E-state index contributed by atoms with van der Waals surface area (Å²) in [7, 11) is 1.62.